The number of ketones is 1. The third kappa shape index (κ3) is 3.48. The predicted octanol–water partition coefficient (Wildman–Crippen LogP) is 4.00. The van der Waals surface area contributed by atoms with Gasteiger partial charge in [-0.05, 0) is 75.3 Å². The van der Waals surface area contributed by atoms with Gasteiger partial charge in [-0.2, -0.15) is 0 Å². The molecule has 110 valence electrons. The minimum atomic E-state index is 0.0579. The second-order valence-electron chi connectivity index (χ2n) is 5.20. The largest absolute Gasteiger partial charge is 0.372 e. The molecule has 0 spiro atoms. The van der Waals surface area contributed by atoms with Crippen molar-refractivity contribution in [3.05, 3.63) is 47.6 Å². The first kappa shape index (κ1) is 15.2. The van der Waals surface area contributed by atoms with Crippen LogP contribution in [0.15, 0.2) is 47.0 Å². The van der Waals surface area contributed by atoms with Gasteiger partial charge in [0, 0.05) is 18.8 Å². The van der Waals surface area contributed by atoms with Crippen molar-refractivity contribution < 1.29 is 4.79 Å². The fourth-order valence-electron chi connectivity index (χ4n) is 2.39. The molecule has 0 radical (unpaired) electrons. The highest BCUT2D eigenvalue weighted by molar-refractivity contribution is 6.19. The minimum absolute atomic E-state index is 0.0579. The maximum Gasteiger partial charge on any atom is 0.181 e. The Labute approximate surface area is 126 Å². The van der Waals surface area contributed by atoms with E-state index in [4.69, 9.17) is 0 Å². The highest BCUT2D eigenvalue weighted by Gasteiger charge is 2.08. The van der Waals surface area contributed by atoms with Crippen LogP contribution in [0.5, 0.6) is 0 Å². The Morgan fingerprint density at radius 1 is 1.10 bits per heavy atom. The van der Waals surface area contributed by atoms with Gasteiger partial charge in [0.05, 0.1) is 11.4 Å². The van der Waals surface area contributed by atoms with E-state index in [1.54, 1.807) is 12.2 Å². The van der Waals surface area contributed by atoms with E-state index < -0.39 is 0 Å². The lowest BCUT2D eigenvalue weighted by molar-refractivity contribution is -0.111. The lowest BCUT2D eigenvalue weighted by Crippen LogP contribution is -2.21. The monoisotopic (exact) mass is 282 g/mol. The van der Waals surface area contributed by atoms with E-state index in [1.807, 2.05) is 19.1 Å². The molecule has 0 N–H and O–H groups in total. The highest BCUT2D eigenvalue weighted by Crippen LogP contribution is 2.25. The van der Waals surface area contributed by atoms with Crippen LogP contribution in [0, 0.1) is 6.92 Å². The summed E-state index contributed by atoms with van der Waals surface area (Å²) in [6.07, 6.45) is 5.18. The summed E-state index contributed by atoms with van der Waals surface area (Å²) in [6, 6.07) is 6.32. The molecule has 0 unspecified atom stereocenters. The first-order valence-corrected chi connectivity index (χ1v) is 7.40. The van der Waals surface area contributed by atoms with E-state index in [0.29, 0.717) is 0 Å². The number of allylic oxidation sites excluding steroid dienone is 4. The third-order valence-electron chi connectivity index (χ3n) is 3.72. The summed E-state index contributed by atoms with van der Waals surface area (Å²) in [7, 11) is 0. The van der Waals surface area contributed by atoms with Crippen LogP contribution in [0.4, 0.5) is 11.4 Å². The lowest BCUT2D eigenvalue weighted by Gasteiger charge is -2.21. The molecule has 1 aliphatic rings. The van der Waals surface area contributed by atoms with E-state index in [2.05, 4.69) is 42.8 Å². The van der Waals surface area contributed by atoms with Crippen LogP contribution in [-0.4, -0.2) is 24.6 Å². The molecular formula is C18H22N2O. The number of nitrogens with zero attached hydrogens (tertiary/aromatic N) is 2. The van der Waals surface area contributed by atoms with Crippen molar-refractivity contribution in [2.24, 2.45) is 4.99 Å². The lowest BCUT2D eigenvalue weighted by atomic mass is 10.0. The quantitative estimate of drug-likeness (QED) is 0.782. The molecule has 1 aromatic carbocycles. The number of aryl methyl sites for hydroxylation is 1. The number of hydrogen-bond acceptors (Lipinski definition) is 3. The Morgan fingerprint density at radius 3 is 2.38 bits per heavy atom. The first-order chi connectivity index (χ1) is 10.0. The number of rotatable bonds is 4. The Hall–Kier alpha value is -2.16. The molecule has 21 heavy (non-hydrogen) atoms. The minimum Gasteiger partial charge on any atom is -0.372 e. The molecule has 1 aromatic rings. The third-order valence-corrected chi connectivity index (χ3v) is 3.72. The summed E-state index contributed by atoms with van der Waals surface area (Å²) in [5, 5.41) is 0. The molecule has 2 rings (SSSR count). The summed E-state index contributed by atoms with van der Waals surface area (Å²) in [5.41, 5.74) is 4.87. The van der Waals surface area contributed by atoms with Gasteiger partial charge in [-0.25, -0.2) is 4.99 Å². The maximum absolute atomic E-state index is 11.4. The molecule has 0 saturated heterocycles. The number of hydrogen-bond donors (Lipinski definition) is 0. The molecular weight excluding hydrogens is 260 g/mol. The van der Waals surface area contributed by atoms with E-state index >= 15 is 0 Å². The van der Waals surface area contributed by atoms with Crippen LogP contribution in [-0.2, 0) is 4.79 Å². The van der Waals surface area contributed by atoms with Gasteiger partial charge >= 0.3 is 0 Å². The van der Waals surface area contributed by atoms with Crippen LogP contribution < -0.4 is 4.90 Å². The molecule has 0 amide bonds. The van der Waals surface area contributed by atoms with Crippen molar-refractivity contribution in [2.45, 2.75) is 27.7 Å². The zero-order valence-electron chi connectivity index (χ0n) is 13.2. The molecule has 0 saturated carbocycles. The molecule has 1 aliphatic carbocycles. The average Bonchev–Trinajstić information content (AvgIpc) is 2.47. The van der Waals surface area contributed by atoms with E-state index in [0.717, 1.165) is 35.6 Å². The van der Waals surface area contributed by atoms with Crippen LogP contribution in [0.3, 0.4) is 0 Å². The van der Waals surface area contributed by atoms with Gasteiger partial charge in [0.25, 0.3) is 0 Å². The molecule has 0 heterocycles. The fourth-order valence-corrected chi connectivity index (χ4v) is 2.39. The van der Waals surface area contributed by atoms with Crippen molar-refractivity contribution in [2.75, 3.05) is 18.0 Å². The Bertz CT molecular complexity index is 635. The number of anilines is 1. The first-order valence-electron chi connectivity index (χ1n) is 7.40. The normalized spacial score (nSPS) is 16.3. The van der Waals surface area contributed by atoms with Gasteiger partial charge in [-0.3, -0.25) is 4.79 Å². The van der Waals surface area contributed by atoms with Crippen molar-refractivity contribution in [3.8, 4) is 0 Å². The Morgan fingerprint density at radius 2 is 1.81 bits per heavy atom. The summed E-state index contributed by atoms with van der Waals surface area (Å²) in [5.74, 6) is 0.0579. The predicted molar refractivity (Wildman–Crippen MR) is 89.7 cm³/mol. The smallest absolute Gasteiger partial charge is 0.181 e. The van der Waals surface area contributed by atoms with Gasteiger partial charge in [0.15, 0.2) is 5.78 Å². The second kappa shape index (κ2) is 6.53. The zero-order valence-corrected chi connectivity index (χ0v) is 13.2. The number of aliphatic imine (C=N–C) groups is 1. The van der Waals surface area contributed by atoms with E-state index in [9.17, 15) is 4.79 Å². The molecule has 0 atom stereocenters. The Kier molecular flexibility index (Phi) is 4.73. The molecule has 0 aromatic heterocycles. The molecule has 0 fully saturated rings. The van der Waals surface area contributed by atoms with E-state index in [1.165, 1.54) is 5.69 Å². The molecule has 0 aliphatic heterocycles. The van der Waals surface area contributed by atoms with Gasteiger partial charge in [-0.1, -0.05) is 0 Å². The summed E-state index contributed by atoms with van der Waals surface area (Å²) < 4.78 is 0. The summed E-state index contributed by atoms with van der Waals surface area (Å²) in [6.45, 7) is 10.2. The molecule has 3 heteroatoms. The zero-order chi connectivity index (χ0) is 15.4. The van der Waals surface area contributed by atoms with Crippen LogP contribution in [0.2, 0.25) is 0 Å². The highest BCUT2D eigenvalue weighted by atomic mass is 16.1. The Balaban J connectivity index is 2.30. The van der Waals surface area contributed by atoms with E-state index in [-0.39, 0.29) is 5.78 Å². The van der Waals surface area contributed by atoms with Crippen molar-refractivity contribution in [1.29, 1.82) is 0 Å². The van der Waals surface area contributed by atoms with Crippen molar-refractivity contribution in [3.63, 3.8) is 0 Å². The van der Waals surface area contributed by atoms with Crippen molar-refractivity contribution in [1.82, 2.24) is 0 Å². The van der Waals surface area contributed by atoms with Crippen LogP contribution in [0.1, 0.15) is 26.3 Å². The maximum atomic E-state index is 11.4. The van der Waals surface area contributed by atoms with Gasteiger partial charge < -0.3 is 4.90 Å². The van der Waals surface area contributed by atoms with Gasteiger partial charge in [-0.15, -0.1) is 0 Å². The second-order valence-corrected chi connectivity index (χ2v) is 5.20. The van der Waals surface area contributed by atoms with Crippen molar-refractivity contribution >= 4 is 22.9 Å². The standard InChI is InChI=1S/C18H22N2O/c1-5-20(6-2)16-8-9-17(13(3)12-16)19-15-7-10-18(21)14(4)11-15/h7-12H,5-6H2,1-4H3. The number of carbonyl (C=O) groups is 1. The van der Waals surface area contributed by atoms with Gasteiger partial charge in [0.2, 0.25) is 0 Å². The number of benzene rings is 1. The van der Waals surface area contributed by atoms with Crippen LogP contribution in [0.25, 0.3) is 0 Å². The molecule has 0 bridgehead atoms. The SMILES string of the molecule is CCN(CC)c1ccc(N=C2C=CC(=O)C(C)=C2)c(C)c1. The summed E-state index contributed by atoms with van der Waals surface area (Å²) in [4.78, 5) is 18.4. The van der Waals surface area contributed by atoms with Gasteiger partial charge in [0.1, 0.15) is 0 Å². The molecule has 3 nitrogen and oxygen atoms in total. The topological polar surface area (TPSA) is 32.7 Å². The number of carbonyl (C=O) groups excluding carboxylic acids is 1. The van der Waals surface area contributed by atoms with Crippen LogP contribution >= 0.6 is 0 Å². The average molecular weight is 282 g/mol. The fraction of sp³-hybridized carbons (Fsp3) is 0.333. The summed E-state index contributed by atoms with van der Waals surface area (Å²) >= 11 is 0.